The Morgan fingerprint density at radius 1 is 1.00 bits per heavy atom. The number of para-hydroxylation sites is 2. The standard InChI is InChI=1S/C23H20N4O/c1-16-22(17(2)27(26-16)20-11-4-3-5-12-20)25-21(28)14-13-19-9-6-8-18-10-7-15-24-23(18)19/h3-15H,1-2H3,(H,25,28)/b14-13+. The van der Waals surface area contributed by atoms with E-state index in [4.69, 9.17) is 0 Å². The highest BCUT2D eigenvalue weighted by Gasteiger charge is 2.14. The fourth-order valence-corrected chi connectivity index (χ4v) is 3.24. The molecular formula is C23H20N4O. The van der Waals surface area contributed by atoms with E-state index in [-0.39, 0.29) is 5.91 Å². The topological polar surface area (TPSA) is 59.8 Å². The number of aromatic nitrogens is 3. The maximum absolute atomic E-state index is 12.5. The molecule has 0 saturated carbocycles. The molecule has 0 fully saturated rings. The van der Waals surface area contributed by atoms with Crippen molar-refractivity contribution in [1.29, 1.82) is 0 Å². The van der Waals surface area contributed by atoms with Gasteiger partial charge in [-0.2, -0.15) is 5.10 Å². The van der Waals surface area contributed by atoms with Gasteiger partial charge in [0.05, 0.1) is 28.3 Å². The predicted molar refractivity (Wildman–Crippen MR) is 112 cm³/mol. The van der Waals surface area contributed by atoms with Gasteiger partial charge in [-0.3, -0.25) is 9.78 Å². The lowest BCUT2D eigenvalue weighted by Gasteiger charge is -2.05. The Labute approximate surface area is 163 Å². The summed E-state index contributed by atoms with van der Waals surface area (Å²) in [4.78, 5) is 16.9. The summed E-state index contributed by atoms with van der Waals surface area (Å²) < 4.78 is 1.84. The molecule has 0 spiro atoms. The molecule has 0 unspecified atom stereocenters. The Bertz CT molecular complexity index is 1170. The van der Waals surface area contributed by atoms with Crippen LogP contribution in [-0.2, 0) is 4.79 Å². The number of hydrogen-bond donors (Lipinski definition) is 1. The van der Waals surface area contributed by atoms with E-state index in [1.807, 2.05) is 79.2 Å². The second-order valence-electron chi connectivity index (χ2n) is 6.54. The fraction of sp³-hybridized carbons (Fsp3) is 0.0870. The molecule has 2 aromatic carbocycles. The molecule has 0 bridgehead atoms. The number of rotatable bonds is 4. The van der Waals surface area contributed by atoms with Gasteiger partial charge in [-0.1, -0.05) is 42.5 Å². The molecule has 0 aliphatic heterocycles. The van der Waals surface area contributed by atoms with E-state index >= 15 is 0 Å². The van der Waals surface area contributed by atoms with Crippen molar-refractivity contribution in [1.82, 2.24) is 14.8 Å². The van der Waals surface area contributed by atoms with Crippen LogP contribution in [0.1, 0.15) is 17.0 Å². The number of fused-ring (bicyclic) bond motifs is 1. The predicted octanol–water partition coefficient (Wildman–Crippen LogP) is 4.69. The Balaban J connectivity index is 1.57. The molecule has 28 heavy (non-hydrogen) atoms. The Kier molecular flexibility index (Phi) is 4.72. The summed E-state index contributed by atoms with van der Waals surface area (Å²) in [7, 11) is 0. The van der Waals surface area contributed by atoms with Crippen molar-refractivity contribution >= 4 is 28.6 Å². The van der Waals surface area contributed by atoms with Crippen molar-refractivity contribution in [2.45, 2.75) is 13.8 Å². The largest absolute Gasteiger partial charge is 0.319 e. The first kappa shape index (κ1) is 17.7. The smallest absolute Gasteiger partial charge is 0.248 e. The zero-order valence-corrected chi connectivity index (χ0v) is 15.8. The minimum absolute atomic E-state index is 0.202. The number of benzene rings is 2. The zero-order chi connectivity index (χ0) is 19.5. The van der Waals surface area contributed by atoms with Crippen LogP contribution in [0.15, 0.2) is 72.9 Å². The molecule has 138 valence electrons. The molecule has 4 rings (SSSR count). The molecular weight excluding hydrogens is 348 g/mol. The van der Waals surface area contributed by atoms with Crippen molar-refractivity contribution in [2.75, 3.05) is 5.32 Å². The third kappa shape index (κ3) is 3.42. The van der Waals surface area contributed by atoms with Gasteiger partial charge in [0.25, 0.3) is 0 Å². The van der Waals surface area contributed by atoms with Gasteiger partial charge in [0.2, 0.25) is 5.91 Å². The molecule has 0 radical (unpaired) electrons. The van der Waals surface area contributed by atoms with Crippen LogP contribution in [0.3, 0.4) is 0 Å². The monoisotopic (exact) mass is 368 g/mol. The molecule has 2 heterocycles. The van der Waals surface area contributed by atoms with E-state index in [2.05, 4.69) is 15.4 Å². The molecule has 1 N–H and O–H groups in total. The van der Waals surface area contributed by atoms with Crippen LogP contribution in [0.25, 0.3) is 22.7 Å². The summed E-state index contributed by atoms with van der Waals surface area (Å²) in [5, 5.41) is 8.56. The average Bonchev–Trinajstić information content (AvgIpc) is 3.01. The highest BCUT2D eigenvalue weighted by molar-refractivity contribution is 6.03. The maximum Gasteiger partial charge on any atom is 0.248 e. The summed E-state index contributed by atoms with van der Waals surface area (Å²) in [5.41, 5.74) is 5.13. The van der Waals surface area contributed by atoms with Gasteiger partial charge in [0.15, 0.2) is 0 Å². The summed E-state index contributed by atoms with van der Waals surface area (Å²) in [6, 6.07) is 19.7. The van der Waals surface area contributed by atoms with Crippen molar-refractivity contribution in [3.63, 3.8) is 0 Å². The lowest BCUT2D eigenvalue weighted by atomic mass is 10.1. The minimum atomic E-state index is -0.202. The molecule has 1 amide bonds. The van der Waals surface area contributed by atoms with Crippen LogP contribution in [0.2, 0.25) is 0 Å². The lowest BCUT2D eigenvalue weighted by molar-refractivity contribution is -0.111. The van der Waals surface area contributed by atoms with Gasteiger partial charge in [0.1, 0.15) is 0 Å². The molecule has 0 aliphatic rings. The molecule has 0 aliphatic carbocycles. The van der Waals surface area contributed by atoms with Gasteiger partial charge in [-0.05, 0) is 38.1 Å². The zero-order valence-electron chi connectivity index (χ0n) is 15.8. The van der Waals surface area contributed by atoms with Crippen LogP contribution in [0.4, 0.5) is 5.69 Å². The Hall–Kier alpha value is -3.73. The lowest BCUT2D eigenvalue weighted by Crippen LogP contribution is -2.09. The van der Waals surface area contributed by atoms with Crippen molar-refractivity contribution in [2.24, 2.45) is 0 Å². The first-order valence-electron chi connectivity index (χ1n) is 9.08. The minimum Gasteiger partial charge on any atom is -0.319 e. The highest BCUT2D eigenvalue weighted by Crippen LogP contribution is 2.23. The van der Waals surface area contributed by atoms with Crippen LogP contribution in [0, 0.1) is 13.8 Å². The number of anilines is 1. The maximum atomic E-state index is 12.5. The third-order valence-corrected chi connectivity index (χ3v) is 4.62. The number of aryl methyl sites for hydroxylation is 1. The number of nitrogens with zero attached hydrogens (tertiary/aromatic N) is 3. The SMILES string of the molecule is Cc1nn(-c2ccccc2)c(C)c1NC(=O)/C=C/c1cccc2cccnc12. The third-order valence-electron chi connectivity index (χ3n) is 4.62. The highest BCUT2D eigenvalue weighted by atomic mass is 16.1. The quantitative estimate of drug-likeness (QED) is 0.532. The second kappa shape index (κ2) is 7.48. The van der Waals surface area contributed by atoms with E-state index in [1.165, 1.54) is 6.08 Å². The van der Waals surface area contributed by atoms with Crippen LogP contribution < -0.4 is 5.32 Å². The molecule has 0 atom stereocenters. The second-order valence-corrected chi connectivity index (χ2v) is 6.54. The number of pyridine rings is 1. The van der Waals surface area contributed by atoms with Gasteiger partial charge in [-0.25, -0.2) is 4.68 Å². The number of hydrogen-bond acceptors (Lipinski definition) is 3. The molecule has 5 heteroatoms. The van der Waals surface area contributed by atoms with Gasteiger partial charge < -0.3 is 5.32 Å². The van der Waals surface area contributed by atoms with Crippen LogP contribution >= 0.6 is 0 Å². The number of nitrogens with one attached hydrogen (secondary N) is 1. The van der Waals surface area contributed by atoms with Crippen molar-refractivity contribution in [3.8, 4) is 5.69 Å². The fourth-order valence-electron chi connectivity index (χ4n) is 3.24. The Morgan fingerprint density at radius 2 is 1.79 bits per heavy atom. The first-order valence-corrected chi connectivity index (χ1v) is 9.08. The number of carbonyl (C=O) groups excluding carboxylic acids is 1. The van der Waals surface area contributed by atoms with Crippen molar-refractivity contribution in [3.05, 3.63) is 89.9 Å². The summed E-state index contributed by atoms with van der Waals surface area (Å²) in [6.45, 7) is 3.83. The van der Waals surface area contributed by atoms with E-state index in [0.717, 1.165) is 39.2 Å². The number of amides is 1. The normalized spacial score (nSPS) is 11.2. The van der Waals surface area contributed by atoms with Gasteiger partial charge >= 0.3 is 0 Å². The van der Waals surface area contributed by atoms with Crippen LogP contribution in [-0.4, -0.2) is 20.7 Å². The average molecular weight is 368 g/mol. The molecule has 2 aromatic heterocycles. The van der Waals surface area contributed by atoms with E-state index in [9.17, 15) is 4.79 Å². The summed E-state index contributed by atoms with van der Waals surface area (Å²) in [6.07, 6.45) is 5.07. The summed E-state index contributed by atoms with van der Waals surface area (Å²) >= 11 is 0. The first-order chi connectivity index (χ1) is 13.6. The molecule has 5 nitrogen and oxygen atoms in total. The van der Waals surface area contributed by atoms with Gasteiger partial charge in [0, 0.05) is 23.2 Å². The molecule has 4 aromatic rings. The van der Waals surface area contributed by atoms with E-state index < -0.39 is 0 Å². The van der Waals surface area contributed by atoms with Crippen LogP contribution in [0.5, 0.6) is 0 Å². The van der Waals surface area contributed by atoms with Gasteiger partial charge in [-0.15, -0.1) is 0 Å². The number of carbonyl (C=O) groups is 1. The van der Waals surface area contributed by atoms with E-state index in [1.54, 1.807) is 12.3 Å². The summed E-state index contributed by atoms with van der Waals surface area (Å²) in [5.74, 6) is -0.202. The molecule has 0 saturated heterocycles. The Morgan fingerprint density at radius 3 is 2.61 bits per heavy atom. The van der Waals surface area contributed by atoms with E-state index in [0.29, 0.717) is 0 Å². The van der Waals surface area contributed by atoms with Crippen molar-refractivity contribution < 1.29 is 4.79 Å².